The number of H-pyrrole nitrogens is 1. The summed E-state index contributed by atoms with van der Waals surface area (Å²) in [6.45, 7) is 8.48. The summed E-state index contributed by atoms with van der Waals surface area (Å²) in [4.78, 5) is 50.6. The maximum absolute atomic E-state index is 12.4. The van der Waals surface area contributed by atoms with Gasteiger partial charge in [-0.05, 0) is 18.8 Å². The van der Waals surface area contributed by atoms with Crippen molar-refractivity contribution in [2.45, 2.75) is 71.6 Å². The molecule has 11 heteroatoms. The van der Waals surface area contributed by atoms with E-state index < -0.39 is 53.7 Å². The number of nitrogens with zero attached hydrogens (tertiary/aromatic N) is 1. The molecule has 0 aromatic carbocycles. The second kappa shape index (κ2) is 10.2. The summed E-state index contributed by atoms with van der Waals surface area (Å²) >= 11 is 0. The molecule has 1 aliphatic heterocycles. The van der Waals surface area contributed by atoms with Crippen molar-refractivity contribution < 1.29 is 23.8 Å². The lowest BCUT2D eigenvalue weighted by molar-refractivity contribution is -0.161. The normalized spacial score (nSPS) is 23.1. The highest BCUT2D eigenvalue weighted by Gasteiger charge is 2.41. The highest BCUT2D eigenvalue weighted by atomic mass is 16.6. The van der Waals surface area contributed by atoms with Crippen LogP contribution in [0.5, 0.6) is 0 Å². The number of aromatic amines is 1. The van der Waals surface area contributed by atoms with E-state index in [0.717, 1.165) is 0 Å². The summed E-state index contributed by atoms with van der Waals surface area (Å²) in [5, 5.41) is 0. The summed E-state index contributed by atoms with van der Waals surface area (Å²) in [5.41, 5.74) is 10.8. The number of esters is 2. The Morgan fingerprint density at radius 3 is 2.32 bits per heavy atom. The number of aromatic nitrogens is 2. The van der Waals surface area contributed by atoms with Crippen LogP contribution in [0.2, 0.25) is 0 Å². The first-order chi connectivity index (χ1) is 14.4. The molecular formula is C20H32N4O7. The fourth-order valence-electron chi connectivity index (χ4n) is 2.98. The minimum Gasteiger partial charge on any atom is -0.462 e. The van der Waals surface area contributed by atoms with Gasteiger partial charge in [-0.25, -0.2) is 4.79 Å². The fourth-order valence-corrected chi connectivity index (χ4v) is 2.98. The molecule has 1 aromatic rings. The third kappa shape index (κ3) is 6.02. The minimum absolute atomic E-state index is 0.112. The van der Waals surface area contributed by atoms with E-state index in [1.165, 1.54) is 10.8 Å². The van der Waals surface area contributed by atoms with Crippen molar-refractivity contribution in [2.24, 2.45) is 23.3 Å². The van der Waals surface area contributed by atoms with Crippen molar-refractivity contribution in [3.8, 4) is 0 Å². The summed E-state index contributed by atoms with van der Waals surface area (Å²) < 4.78 is 17.9. The minimum atomic E-state index is -0.838. The third-order valence-electron chi connectivity index (χ3n) is 5.27. The molecule has 5 atom stereocenters. The molecule has 2 rings (SSSR count). The summed E-state index contributed by atoms with van der Waals surface area (Å²) in [5.74, 6) is -1.49. The second-order valence-electron chi connectivity index (χ2n) is 8.49. The third-order valence-corrected chi connectivity index (χ3v) is 5.27. The molecule has 1 saturated heterocycles. The van der Waals surface area contributed by atoms with Crippen LogP contribution >= 0.6 is 0 Å². The maximum atomic E-state index is 12.4. The number of aryl methyl sites for hydroxylation is 1. The zero-order chi connectivity index (χ0) is 23.5. The topological polar surface area (TPSA) is 169 Å². The number of nitrogens with two attached hydrogens (primary N) is 2. The smallest absolute Gasteiger partial charge is 0.330 e. The lowest BCUT2D eigenvalue weighted by Gasteiger charge is -2.22. The average Bonchev–Trinajstić information content (AvgIpc) is 3.09. The first kappa shape index (κ1) is 24.8. The van der Waals surface area contributed by atoms with E-state index in [9.17, 15) is 19.2 Å². The largest absolute Gasteiger partial charge is 0.462 e. The van der Waals surface area contributed by atoms with Gasteiger partial charge in [-0.3, -0.25) is 23.9 Å². The predicted molar refractivity (Wildman–Crippen MR) is 111 cm³/mol. The molecule has 5 N–H and O–H groups in total. The highest BCUT2D eigenvalue weighted by Crippen LogP contribution is 2.30. The average molecular weight is 440 g/mol. The van der Waals surface area contributed by atoms with Crippen molar-refractivity contribution in [1.29, 1.82) is 0 Å². The maximum Gasteiger partial charge on any atom is 0.330 e. The Hall–Kier alpha value is -2.50. The quantitative estimate of drug-likeness (QED) is 0.453. The van der Waals surface area contributed by atoms with Gasteiger partial charge in [0, 0.05) is 18.2 Å². The van der Waals surface area contributed by atoms with Crippen molar-refractivity contribution in [3.63, 3.8) is 0 Å². The Morgan fingerprint density at radius 1 is 1.16 bits per heavy atom. The summed E-state index contributed by atoms with van der Waals surface area (Å²) in [7, 11) is 0. The molecule has 174 valence electrons. The lowest BCUT2D eigenvalue weighted by Crippen LogP contribution is -2.42. The van der Waals surface area contributed by atoms with Gasteiger partial charge in [0.15, 0.2) is 0 Å². The zero-order valence-electron chi connectivity index (χ0n) is 18.5. The predicted octanol–water partition coefficient (Wildman–Crippen LogP) is -0.446. The van der Waals surface area contributed by atoms with Gasteiger partial charge in [0.2, 0.25) is 0 Å². The molecule has 0 radical (unpaired) electrons. The van der Waals surface area contributed by atoms with Crippen LogP contribution in [0, 0.1) is 18.8 Å². The van der Waals surface area contributed by atoms with Crippen LogP contribution in [0.1, 0.15) is 45.9 Å². The number of ether oxygens (including phenoxy) is 3. The van der Waals surface area contributed by atoms with E-state index in [4.69, 9.17) is 25.7 Å². The summed E-state index contributed by atoms with van der Waals surface area (Å²) in [6, 6.07) is -1.65. The van der Waals surface area contributed by atoms with Crippen LogP contribution in [-0.2, 0) is 23.8 Å². The number of rotatable bonds is 8. The van der Waals surface area contributed by atoms with Crippen LogP contribution in [0.15, 0.2) is 15.8 Å². The Balaban J connectivity index is 2.21. The number of carbonyl (C=O) groups excluding carboxylic acids is 2. The van der Waals surface area contributed by atoms with Gasteiger partial charge in [-0.1, -0.05) is 27.7 Å². The first-order valence-corrected chi connectivity index (χ1v) is 10.3. The molecule has 1 unspecified atom stereocenters. The van der Waals surface area contributed by atoms with Gasteiger partial charge in [-0.15, -0.1) is 0 Å². The van der Waals surface area contributed by atoms with E-state index in [2.05, 4.69) is 4.98 Å². The van der Waals surface area contributed by atoms with Gasteiger partial charge in [0.25, 0.3) is 5.56 Å². The van der Waals surface area contributed by atoms with E-state index in [-0.39, 0.29) is 24.9 Å². The zero-order valence-corrected chi connectivity index (χ0v) is 18.5. The second-order valence-corrected chi connectivity index (χ2v) is 8.49. The molecule has 2 heterocycles. The van der Waals surface area contributed by atoms with Gasteiger partial charge in [0.1, 0.15) is 37.1 Å². The molecule has 0 saturated carbocycles. The Kier molecular flexibility index (Phi) is 8.15. The molecule has 0 aliphatic carbocycles. The van der Waals surface area contributed by atoms with Crippen molar-refractivity contribution >= 4 is 11.9 Å². The summed E-state index contributed by atoms with van der Waals surface area (Å²) in [6.07, 6.45) is -1.01. The molecule has 1 aliphatic rings. The molecule has 1 fully saturated rings. The van der Waals surface area contributed by atoms with Gasteiger partial charge in [0.05, 0.1) is 0 Å². The van der Waals surface area contributed by atoms with Gasteiger partial charge < -0.3 is 25.7 Å². The molecule has 11 nitrogen and oxygen atoms in total. The molecule has 31 heavy (non-hydrogen) atoms. The van der Waals surface area contributed by atoms with Crippen LogP contribution in [0.4, 0.5) is 0 Å². The van der Waals surface area contributed by atoms with Crippen LogP contribution in [-0.4, -0.2) is 52.4 Å². The fraction of sp³-hybridized carbons (Fsp3) is 0.700. The molecule has 0 bridgehead atoms. The van der Waals surface area contributed by atoms with Crippen molar-refractivity contribution in [2.75, 3.05) is 6.61 Å². The number of hydrogen-bond acceptors (Lipinski definition) is 9. The highest BCUT2D eigenvalue weighted by molar-refractivity contribution is 5.76. The molecule has 0 spiro atoms. The molecule has 1 aromatic heterocycles. The van der Waals surface area contributed by atoms with Crippen molar-refractivity contribution in [3.05, 3.63) is 32.6 Å². The number of nitrogens with one attached hydrogen (secondary N) is 1. The molecule has 0 amide bonds. The monoisotopic (exact) mass is 440 g/mol. The Bertz CT molecular complexity index is 908. The lowest BCUT2D eigenvalue weighted by atomic mass is 10.1. The number of carbonyl (C=O) groups is 2. The van der Waals surface area contributed by atoms with E-state index in [1.54, 1.807) is 34.6 Å². The van der Waals surface area contributed by atoms with Crippen molar-refractivity contribution in [1.82, 2.24) is 9.55 Å². The molecular weight excluding hydrogens is 408 g/mol. The van der Waals surface area contributed by atoms with Gasteiger partial charge >= 0.3 is 17.6 Å². The van der Waals surface area contributed by atoms with E-state index >= 15 is 0 Å². The number of hydrogen-bond donors (Lipinski definition) is 3. The van der Waals surface area contributed by atoms with Crippen LogP contribution < -0.4 is 22.7 Å². The van der Waals surface area contributed by atoms with Gasteiger partial charge in [-0.2, -0.15) is 0 Å². The Morgan fingerprint density at radius 2 is 1.74 bits per heavy atom. The van der Waals surface area contributed by atoms with Crippen LogP contribution in [0.3, 0.4) is 0 Å². The van der Waals surface area contributed by atoms with E-state index in [0.29, 0.717) is 5.56 Å². The SMILES string of the molecule is Cc1cn([C@@H]2CC(OC(=O)[C@@H](N)C(C)C)[C@H](COC(=O)[C@@H](N)C(C)C)O2)c(=O)[nH]c1=O. The van der Waals surface area contributed by atoms with E-state index in [1.807, 2.05) is 0 Å². The van der Waals surface area contributed by atoms with Crippen LogP contribution in [0.25, 0.3) is 0 Å². The standard InChI is InChI=1S/C20H32N4O7/c1-9(2)15(21)18(26)29-8-13-12(31-19(27)16(22)10(3)4)6-14(30-13)24-7-11(5)17(25)23-20(24)28/h7,9-10,12-16H,6,8,21-22H2,1-5H3,(H,23,25,28)/t12?,13-,14-,15-,16-/m0/s1. The Labute approximate surface area is 180 Å². The first-order valence-electron chi connectivity index (χ1n) is 10.3.